The minimum Gasteiger partial charge on any atom is -0.507 e. The minimum atomic E-state index is -1.12. The number of anilines is 1. The molecule has 1 N–H and O–H groups in total. The number of benzene rings is 2. The molecule has 2 aromatic carbocycles. The van der Waals surface area contributed by atoms with E-state index >= 15 is 0 Å². The average Bonchev–Trinajstić information content (AvgIpc) is 3.10. The van der Waals surface area contributed by atoms with Crippen molar-refractivity contribution in [3.05, 3.63) is 98.1 Å². The fraction of sp³-hybridized carbons (Fsp3) is 0.125. The summed E-state index contributed by atoms with van der Waals surface area (Å²) in [5, 5.41) is 22.5. The fourth-order valence-electron chi connectivity index (χ4n) is 3.73. The second kappa shape index (κ2) is 9.44. The van der Waals surface area contributed by atoms with Gasteiger partial charge in [0.15, 0.2) is 0 Å². The van der Waals surface area contributed by atoms with Gasteiger partial charge in [0.25, 0.3) is 11.5 Å². The summed E-state index contributed by atoms with van der Waals surface area (Å²) < 4.78 is 6.07. The SMILES string of the molecule is CCOc1ccc(C(O)=C2C(=O)C(=O)N(c3ccc(Br)cn3)[C@H]2c2cccc([N+](=O)[O-])c2)cc1. The van der Waals surface area contributed by atoms with E-state index < -0.39 is 28.4 Å². The van der Waals surface area contributed by atoms with Gasteiger partial charge < -0.3 is 9.84 Å². The van der Waals surface area contributed by atoms with E-state index in [4.69, 9.17) is 4.74 Å². The quantitative estimate of drug-likeness (QED) is 0.162. The van der Waals surface area contributed by atoms with Crippen LogP contribution in [0.5, 0.6) is 5.75 Å². The molecule has 3 aromatic rings. The maximum atomic E-state index is 13.1. The third-order valence-electron chi connectivity index (χ3n) is 5.24. The summed E-state index contributed by atoms with van der Waals surface area (Å²) in [6, 6.07) is 14.1. The lowest BCUT2D eigenvalue weighted by Gasteiger charge is -2.24. The standard InChI is InChI=1S/C24H18BrN3O6/c1-2-34-18-9-6-14(7-10-18)22(29)20-21(15-4-3-5-17(12-15)28(32)33)27(24(31)23(20)30)19-11-8-16(25)13-26-19/h3-13,21,29H,2H2,1H3/t21-/m0/s1. The Labute approximate surface area is 202 Å². The molecule has 34 heavy (non-hydrogen) atoms. The van der Waals surface area contributed by atoms with Crippen LogP contribution in [0.15, 0.2) is 76.9 Å². The molecule has 1 aliphatic heterocycles. The van der Waals surface area contributed by atoms with Gasteiger partial charge in [-0.15, -0.1) is 0 Å². The van der Waals surface area contributed by atoms with Crippen LogP contribution in [-0.2, 0) is 9.59 Å². The Kier molecular flexibility index (Phi) is 6.42. The number of nitro benzene ring substituents is 1. The number of hydrogen-bond acceptors (Lipinski definition) is 7. The van der Waals surface area contributed by atoms with Crippen LogP contribution in [0.1, 0.15) is 24.1 Å². The predicted octanol–water partition coefficient (Wildman–Crippen LogP) is 4.78. The first-order valence-corrected chi connectivity index (χ1v) is 11.0. The average molecular weight is 524 g/mol. The zero-order valence-corrected chi connectivity index (χ0v) is 19.4. The summed E-state index contributed by atoms with van der Waals surface area (Å²) in [7, 11) is 0. The molecule has 0 radical (unpaired) electrons. The van der Waals surface area contributed by atoms with Crippen LogP contribution in [0.2, 0.25) is 0 Å². The normalized spacial score (nSPS) is 17.1. The number of hydrogen-bond donors (Lipinski definition) is 1. The lowest BCUT2D eigenvalue weighted by Crippen LogP contribution is -2.30. The summed E-state index contributed by atoms with van der Waals surface area (Å²) in [6.07, 6.45) is 1.46. The Morgan fingerprint density at radius 2 is 1.91 bits per heavy atom. The van der Waals surface area contributed by atoms with Crippen molar-refractivity contribution in [1.82, 2.24) is 4.98 Å². The van der Waals surface area contributed by atoms with Crippen molar-refractivity contribution in [2.24, 2.45) is 0 Å². The number of nitro groups is 1. The van der Waals surface area contributed by atoms with Gasteiger partial charge in [0, 0.05) is 28.4 Å². The monoisotopic (exact) mass is 523 g/mol. The van der Waals surface area contributed by atoms with Gasteiger partial charge in [-0.25, -0.2) is 4.98 Å². The van der Waals surface area contributed by atoms with Crippen molar-refractivity contribution < 1.29 is 24.4 Å². The number of pyridine rings is 1. The maximum Gasteiger partial charge on any atom is 0.301 e. The van der Waals surface area contributed by atoms with Crippen molar-refractivity contribution in [2.75, 3.05) is 11.5 Å². The highest BCUT2D eigenvalue weighted by molar-refractivity contribution is 9.10. The molecule has 172 valence electrons. The molecule has 0 saturated carbocycles. The summed E-state index contributed by atoms with van der Waals surface area (Å²) in [4.78, 5) is 42.4. The number of aliphatic hydroxyl groups excluding tert-OH is 1. The van der Waals surface area contributed by atoms with Gasteiger partial charge in [-0.3, -0.25) is 24.6 Å². The Bertz CT molecular complexity index is 1310. The van der Waals surface area contributed by atoms with Crippen molar-refractivity contribution >= 4 is 44.9 Å². The predicted molar refractivity (Wildman–Crippen MR) is 127 cm³/mol. The third kappa shape index (κ3) is 4.27. The molecular weight excluding hydrogens is 506 g/mol. The lowest BCUT2D eigenvalue weighted by atomic mass is 9.95. The molecule has 10 heteroatoms. The zero-order chi connectivity index (χ0) is 24.4. The highest BCUT2D eigenvalue weighted by Gasteiger charge is 2.47. The second-order valence-electron chi connectivity index (χ2n) is 7.31. The Hall–Kier alpha value is -4.05. The molecule has 0 unspecified atom stereocenters. The summed E-state index contributed by atoms with van der Waals surface area (Å²) >= 11 is 3.28. The number of Topliss-reactive ketones (excluding diaryl/α,β-unsaturated/α-hetero) is 1. The summed E-state index contributed by atoms with van der Waals surface area (Å²) in [5.41, 5.74) is 0.165. The smallest absolute Gasteiger partial charge is 0.301 e. The van der Waals surface area contributed by atoms with Gasteiger partial charge in [0.05, 0.1) is 23.1 Å². The van der Waals surface area contributed by atoms with Crippen LogP contribution in [-0.4, -0.2) is 33.3 Å². The van der Waals surface area contributed by atoms with E-state index in [0.717, 1.165) is 4.90 Å². The Morgan fingerprint density at radius 1 is 1.18 bits per heavy atom. The molecule has 9 nitrogen and oxygen atoms in total. The number of nitrogens with zero attached hydrogens (tertiary/aromatic N) is 3. The zero-order valence-electron chi connectivity index (χ0n) is 17.8. The molecule has 1 atom stereocenters. The van der Waals surface area contributed by atoms with E-state index in [1.165, 1.54) is 30.5 Å². The van der Waals surface area contributed by atoms with E-state index in [1.807, 2.05) is 6.92 Å². The number of non-ortho nitro benzene ring substituents is 1. The van der Waals surface area contributed by atoms with Gasteiger partial charge in [0.1, 0.15) is 17.3 Å². The fourth-order valence-corrected chi connectivity index (χ4v) is 3.97. The van der Waals surface area contributed by atoms with Crippen molar-refractivity contribution in [3.8, 4) is 5.75 Å². The summed E-state index contributed by atoms with van der Waals surface area (Å²) in [6.45, 7) is 2.30. The van der Waals surface area contributed by atoms with Gasteiger partial charge in [-0.05, 0) is 64.8 Å². The van der Waals surface area contributed by atoms with Crippen molar-refractivity contribution in [2.45, 2.75) is 13.0 Å². The first-order chi connectivity index (χ1) is 16.3. The number of carbonyl (C=O) groups is 2. The van der Waals surface area contributed by atoms with E-state index in [9.17, 15) is 24.8 Å². The molecule has 1 saturated heterocycles. The number of ether oxygens (including phenoxy) is 1. The number of ketones is 1. The van der Waals surface area contributed by atoms with Crippen LogP contribution >= 0.6 is 15.9 Å². The molecule has 4 rings (SSSR count). The van der Waals surface area contributed by atoms with Crippen LogP contribution in [0.25, 0.3) is 5.76 Å². The van der Waals surface area contributed by atoms with Gasteiger partial charge in [0.2, 0.25) is 0 Å². The number of amides is 1. The molecule has 1 fully saturated rings. The van der Waals surface area contributed by atoms with Crippen molar-refractivity contribution in [3.63, 3.8) is 0 Å². The molecular formula is C24H18BrN3O6. The van der Waals surface area contributed by atoms with E-state index in [-0.39, 0.29) is 22.6 Å². The van der Waals surface area contributed by atoms with Gasteiger partial charge >= 0.3 is 5.91 Å². The number of halogens is 1. The van der Waals surface area contributed by atoms with E-state index in [1.54, 1.807) is 36.4 Å². The first-order valence-electron chi connectivity index (χ1n) is 10.2. The lowest BCUT2D eigenvalue weighted by molar-refractivity contribution is -0.384. The highest BCUT2D eigenvalue weighted by atomic mass is 79.9. The van der Waals surface area contributed by atoms with Crippen LogP contribution in [0.3, 0.4) is 0 Å². The molecule has 1 aromatic heterocycles. The number of aliphatic hydroxyl groups is 1. The molecule has 1 amide bonds. The molecule has 0 aliphatic carbocycles. The molecule has 0 spiro atoms. The first kappa shape index (κ1) is 23.1. The van der Waals surface area contributed by atoms with Crippen LogP contribution in [0, 0.1) is 10.1 Å². The topological polar surface area (TPSA) is 123 Å². The number of rotatable bonds is 6. The molecule has 2 heterocycles. The van der Waals surface area contributed by atoms with E-state index in [0.29, 0.717) is 22.4 Å². The summed E-state index contributed by atoms with van der Waals surface area (Å²) in [5.74, 6) is -1.50. The third-order valence-corrected chi connectivity index (χ3v) is 5.71. The van der Waals surface area contributed by atoms with Gasteiger partial charge in [-0.2, -0.15) is 0 Å². The minimum absolute atomic E-state index is 0.160. The van der Waals surface area contributed by atoms with Crippen LogP contribution < -0.4 is 9.64 Å². The number of carbonyl (C=O) groups excluding carboxylic acids is 2. The second-order valence-corrected chi connectivity index (χ2v) is 8.23. The van der Waals surface area contributed by atoms with E-state index in [2.05, 4.69) is 20.9 Å². The van der Waals surface area contributed by atoms with Gasteiger partial charge in [-0.1, -0.05) is 12.1 Å². The number of aromatic nitrogens is 1. The maximum absolute atomic E-state index is 13.1. The van der Waals surface area contributed by atoms with Crippen LogP contribution in [0.4, 0.5) is 11.5 Å². The highest BCUT2D eigenvalue weighted by Crippen LogP contribution is 2.42. The Balaban J connectivity index is 1.91. The van der Waals surface area contributed by atoms with Crippen molar-refractivity contribution in [1.29, 1.82) is 0 Å². The Morgan fingerprint density at radius 3 is 2.53 bits per heavy atom. The molecule has 1 aliphatic rings. The largest absolute Gasteiger partial charge is 0.507 e. The molecule has 0 bridgehead atoms.